The Hall–Kier alpha value is -2.33. The molecule has 3 nitrogen and oxygen atoms in total. The molecule has 2 aliphatic rings. The minimum absolute atomic E-state index is 0.0254. The SMILES string of the molecule is CC(=C1C(=O)C(C=C2C=C(C(C)(C)C)SC(C(C)(C)C)=C2)=C1[O-])c1cc(C(C)(C)C)[o+]c(C(C)(C)C)c1. The van der Waals surface area contributed by atoms with Crippen molar-refractivity contribution < 1.29 is 14.3 Å². The molecule has 0 radical (unpaired) electrons. The minimum atomic E-state index is -0.205. The van der Waals surface area contributed by atoms with Crippen LogP contribution >= 0.6 is 11.8 Å². The fourth-order valence-electron chi connectivity index (χ4n) is 4.00. The van der Waals surface area contributed by atoms with Crippen molar-refractivity contribution in [2.45, 2.75) is 101 Å². The van der Waals surface area contributed by atoms with Gasteiger partial charge >= 0.3 is 11.5 Å². The van der Waals surface area contributed by atoms with Gasteiger partial charge in [0.25, 0.3) is 0 Å². The van der Waals surface area contributed by atoms with Crippen LogP contribution in [-0.2, 0) is 15.6 Å². The third kappa shape index (κ3) is 6.22. The molecule has 37 heavy (non-hydrogen) atoms. The van der Waals surface area contributed by atoms with E-state index in [1.807, 2.05) is 19.1 Å². The highest BCUT2D eigenvalue weighted by atomic mass is 32.2. The second kappa shape index (κ2) is 9.45. The number of allylic oxidation sites excluding steroid dienone is 9. The van der Waals surface area contributed by atoms with Crippen LogP contribution in [0.4, 0.5) is 0 Å². The Morgan fingerprint density at radius 3 is 1.57 bits per heavy atom. The van der Waals surface area contributed by atoms with Crippen LogP contribution in [-0.4, -0.2) is 5.78 Å². The molecule has 1 aliphatic heterocycles. The Kier molecular flexibility index (Phi) is 7.46. The Labute approximate surface area is 228 Å². The van der Waals surface area contributed by atoms with Gasteiger partial charge in [-0.25, -0.2) is 4.42 Å². The average Bonchev–Trinajstić information content (AvgIpc) is 2.74. The number of ketones is 1. The lowest BCUT2D eigenvalue weighted by Crippen LogP contribution is -2.30. The summed E-state index contributed by atoms with van der Waals surface area (Å²) in [6.45, 7) is 27.6. The van der Waals surface area contributed by atoms with E-state index < -0.39 is 0 Å². The normalized spacial score (nSPS) is 18.9. The van der Waals surface area contributed by atoms with Gasteiger partial charge in [0.15, 0.2) is 5.78 Å². The molecule has 2 heterocycles. The summed E-state index contributed by atoms with van der Waals surface area (Å²) in [5.74, 6) is 1.31. The van der Waals surface area contributed by atoms with Gasteiger partial charge in [0.05, 0.1) is 10.8 Å². The molecule has 0 unspecified atom stereocenters. The van der Waals surface area contributed by atoms with Crippen LogP contribution in [0, 0.1) is 10.8 Å². The molecule has 3 rings (SSSR count). The summed E-state index contributed by atoms with van der Waals surface area (Å²) in [5, 5.41) is 13.4. The zero-order valence-corrected chi connectivity index (χ0v) is 25.8. The van der Waals surface area contributed by atoms with E-state index in [1.54, 1.807) is 17.8 Å². The highest BCUT2D eigenvalue weighted by Crippen LogP contribution is 2.49. The average molecular weight is 521 g/mol. The molecular formula is C33H44O3S. The predicted molar refractivity (Wildman–Crippen MR) is 156 cm³/mol. The van der Waals surface area contributed by atoms with Crippen molar-refractivity contribution in [3.63, 3.8) is 0 Å². The van der Waals surface area contributed by atoms with Crippen molar-refractivity contribution in [3.8, 4) is 0 Å². The zero-order valence-electron chi connectivity index (χ0n) is 25.0. The maximum atomic E-state index is 13.4. The van der Waals surface area contributed by atoms with Gasteiger partial charge in [0.2, 0.25) is 0 Å². The fourth-order valence-corrected chi connectivity index (χ4v) is 5.24. The van der Waals surface area contributed by atoms with Crippen LogP contribution in [0.3, 0.4) is 0 Å². The molecule has 0 N–H and O–H groups in total. The Morgan fingerprint density at radius 1 is 0.784 bits per heavy atom. The molecule has 200 valence electrons. The van der Waals surface area contributed by atoms with Crippen LogP contribution < -0.4 is 5.11 Å². The monoisotopic (exact) mass is 520 g/mol. The van der Waals surface area contributed by atoms with E-state index in [2.05, 4.69) is 95.2 Å². The maximum absolute atomic E-state index is 13.4. The largest absolute Gasteiger partial charge is 0.871 e. The first kappa shape index (κ1) is 29.2. The Bertz CT molecular complexity index is 1220. The number of hydrogen-bond donors (Lipinski definition) is 0. The molecule has 0 amide bonds. The van der Waals surface area contributed by atoms with Gasteiger partial charge in [-0.05, 0) is 104 Å². The quantitative estimate of drug-likeness (QED) is 0.289. The lowest BCUT2D eigenvalue weighted by molar-refractivity contribution is -0.300. The highest BCUT2D eigenvalue weighted by Gasteiger charge is 2.36. The summed E-state index contributed by atoms with van der Waals surface area (Å²) >= 11 is 1.80. The molecule has 0 bridgehead atoms. The van der Waals surface area contributed by atoms with E-state index in [0.717, 1.165) is 22.7 Å². The first-order valence-electron chi connectivity index (χ1n) is 13.1. The van der Waals surface area contributed by atoms with E-state index in [0.29, 0.717) is 5.57 Å². The lowest BCUT2D eigenvalue weighted by Gasteiger charge is -2.33. The molecule has 0 atom stereocenters. The topological polar surface area (TPSA) is 51.4 Å². The Morgan fingerprint density at radius 2 is 1.22 bits per heavy atom. The predicted octanol–water partition coefficient (Wildman–Crippen LogP) is 8.66. The molecule has 0 saturated heterocycles. The van der Waals surface area contributed by atoms with Crippen molar-refractivity contribution in [1.82, 2.24) is 0 Å². The van der Waals surface area contributed by atoms with E-state index in [9.17, 15) is 9.90 Å². The summed E-state index contributed by atoms with van der Waals surface area (Å²) in [6.07, 6.45) is 6.01. The number of rotatable bonds is 2. The standard InChI is InChI=1S/C33H44O3S/c1-19(21-17-23(30(2,3)4)36-24(18-21)31(5,6)7)27-28(34)22(29(27)35)14-20-15-25(32(8,9)10)37-26(16-20)33(11,12)13/h14-18H,1-13H3. The van der Waals surface area contributed by atoms with Crippen LogP contribution in [0.2, 0.25) is 0 Å². The number of thioether (sulfide) groups is 1. The summed E-state index contributed by atoms with van der Waals surface area (Å²) in [4.78, 5) is 15.8. The first-order chi connectivity index (χ1) is 16.6. The maximum Gasteiger partial charge on any atom is 0.335 e. The molecule has 0 saturated carbocycles. The van der Waals surface area contributed by atoms with E-state index in [4.69, 9.17) is 4.42 Å². The zero-order chi connectivity index (χ0) is 28.3. The van der Waals surface area contributed by atoms with E-state index in [1.165, 1.54) is 9.81 Å². The van der Waals surface area contributed by atoms with E-state index >= 15 is 0 Å². The highest BCUT2D eigenvalue weighted by molar-refractivity contribution is 8.06. The first-order valence-corrected chi connectivity index (χ1v) is 13.9. The summed E-state index contributed by atoms with van der Waals surface area (Å²) < 4.78 is 6.26. The minimum Gasteiger partial charge on any atom is -0.871 e. The van der Waals surface area contributed by atoms with Gasteiger partial charge < -0.3 is 5.11 Å². The van der Waals surface area contributed by atoms with Crippen molar-refractivity contribution >= 4 is 23.1 Å². The Balaban J connectivity index is 2.14. The fraction of sp³-hybridized carbons (Fsp3) is 0.515. The van der Waals surface area contributed by atoms with Gasteiger partial charge in [0.1, 0.15) is 0 Å². The van der Waals surface area contributed by atoms with Crippen molar-refractivity contribution in [2.24, 2.45) is 10.8 Å². The van der Waals surface area contributed by atoms with Gasteiger partial charge in [-0.15, -0.1) is 0 Å². The van der Waals surface area contributed by atoms with Crippen LogP contribution in [0.5, 0.6) is 0 Å². The van der Waals surface area contributed by atoms with Gasteiger partial charge in [-0.3, -0.25) is 4.79 Å². The third-order valence-corrected chi connectivity index (χ3v) is 8.53. The molecule has 1 aliphatic carbocycles. The summed E-state index contributed by atoms with van der Waals surface area (Å²) in [5.41, 5.74) is 2.56. The summed E-state index contributed by atoms with van der Waals surface area (Å²) in [6, 6.07) is 3.95. The molecule has 0 fully saturated rings. The van der Waals surface area contributed by atoms with E-state index in [-0.39, 0.29) is 44.3 Å². The summed E-state index contributed by atoms with van der Waals surface area (Å²) in [7, 11) is 0. The van der Waals surface area contributed by atoms with Gasteiger partial charge in [-0.1, -0.05) is 59.1 Å². The smallest absolute Gasteiger partial charge is 0.335 e. The molecule has 0 aromatic carbocycles. The van der Waals surface area contributed by atoms with Crippen LogP contribution in [0.1, 0.15) is 107 Å². The molecule has 1 aromatic rings. The number of hydrogen-bond acceptors (Lipinski definition) is 3. The number of Topliss-reactive ketones (excluding diaryl/α,β-unsaturated/α-hetero) is 1. The van der Waals surface area contributed by atoms with Crippen molar-refractivity contribution in [1.29, 1.82) is 0 Å². The second-order valence-corrected chi connectivity index (χ2v) is 15.5. The van der Waals surface area contributed by atoms with Crippen LogP contribution in [0.25, 0.3) is 5.57 Å². The molecule has 4 heteroatoms. The molecule has 0 spiro atoms. The van der Waals surface area contributed by atoms with Crippen molar-refractivity contribution in [3.05, 3.63) is 79.7 Å². The number of carbonyl (C=O) groups excluding carboxylic acids is 1. The van der Waals surface area contributed by atoms with Crippen molar-refractivity contribution in [2.75, 3.05) is 0 Å². The van der Waals surface area contributed by atoms with Crippen LogP contribution in [0.15, 0.2) is 67.1 Å². The number of carbonyl (C=O) groups is 1. The second-order valence-electron chi connectivity index (χ2n) is 14.4. The molecule has 1 aromatic heterocycles. The third-order valence-electron chi connectivity index (χ3n) is 6.63. The van der Waals surface area contributed by atoms with Gasteiger partial charge in [-0.2, -0.15) is 0 Å². The van der Waals surface area contributed by atoms with Gasteiger partial charge in [0, 0.05) is 23.3 Å². The lowest BCUT2D eigenvalue weighted by atomic mass is 9.80. The molecular weight excluding hydrogens is 476 g/mol.